The van der Waals surface area contributed by atoms with Crippen LogP contribution in [-0.4, -0.2) is 31.1 Å². The van der Waals surface area contributed by atoms with Crippen LogP contribution in [0.5, 0.6) is 0 Å². The van der Waals surface area contributed by atoms with Gasteiger partial charge in [-0.3, -0.25) is 0 Å². The Balaban J connectivity index is 1.72. The third-order valence-electron chi connectivity index (χ3n) is 3.57. The molecule has 1 fully saturated rings. The Morgan fingerprint density at radius 1 is 1.00 bits per heavy atom. The molecule has 3 heteroatoms. The Morgan fingerprint density at radius 3 is 2.39 bits per heavy atom. The summed E-state index contributed by atoms with van der Waals surface area (Å²) in [7, 11) is 0. The predicted octanol–water partition coefficient (Wildman–Crippen LogP) is 4.02. The summed E-state index contributed by atoms with van der Waals surface area (Å²) in [4.78, 5) is 2.57. The van der Waals surface area contributed by atoms with E-state index in [1.165, 1.54) is 45.2 Å². The number of likely N-dealkylation sites (tertiary alicyclic amines) is 1. The normalized spacial score (nSPS) is 18.1. The van der Waals surface area contributed by atoms with E-state index in [0.717, 1.165) is 23.8 Å². The van der Waals surface area contributed by atoms with E-state index in [1.54, 1.807) is 0 Å². The lowest BCUT2D eigenvalue weighted by atomic mass is 10.1. The van der Waals surface area contributed by atoms with Crippen molar-refractivity contribution < 1.29 is 0 Å². The minimum Gasteiger partial charge on any atom is -0.383 e. The number of nitrogens with zero attached hydrogens (tertiary/aromatic N) is 1. The van der Waals surface area contributed by atoms with Crippen molar-refractivity contribution in [2.75, 3.05) is 31.5 Å². The molecule has 2 nitrogen and oxygen atoms in total. The highest BCUT2D eigenvalue weighted by Gasteiger charge is 2.07. The highest BCUT2D eigenvalue weighted by atomic mass is 35.5. The number of benzene rings is 1. The standard InChI is InChI=1S/C15H23ClN2/c16-14-8-4-5-9-15(14)17-10-13-18-11-6-2-1-3-7-12-18/h4-5,8-9,17H,1-3,6-7,10-13H2. The summed E-state index contributed by atoms with van der Waals surface area (Å²) >= 11 is 6.12. The van der Waals surface area contributed by atoms with E-state index in [2.05, 4.69) is 10.2 Å². The van der Waals surface area contributed by atoms with Gasteiger partial charge in [0.2, 0.25) is 0 Å². The molecule has 1 aliphatic rings. The second kappa shape index (κ2) is 7.65. The molecule has 0 unspecified atom stereocenters. The Bertz CT molecular complexity index is 346. The van der Waals surface area contributed by atoms with E-state index in [-0.39, 0.29) is 0 Å². The topological polar surface area (TPSA) is 15.3 Å². The monoisotopic (exact) mass is 266 g/mol. The third-order valence-corrected chi connectivity index (χ3v) is 3.90. The molecule has 1 saturated heterocycles. The Kier molecular flexibility index (Phi) is 5.82. The van der Waals surface area contributed by atoms with Gasteiger partial charge in [-0.1, -0.05) is 43.0 Å². The van der Waals surface area contributed by atoms with Gasteiger partial charge in [0.05, 0.1) is 10.7 Å². The van der Waals surface area contributed by atoms with Gasteiger partial charge in [0.15, 0.2) is 0 Å². The molecular weight excluding hydrogens is 244 g/mol. The highest BCUT2D eigenvalue weighted by molar-refractivity contribution is 6.33. The van der Waals surface area contributed by atoms with Crippen LogP contribution in [0.2, 0.25) is 5.02 Å². The van der Waals surface area contributed by atoms with Crippen molar-refractivity contribution in [3.63, 3.8) is 0 Å². The minimum absolute atomic E-state index is 0.810. The maximum absolute atomic E-state index is 6.12. The van der Waals surface area contributed by atoms with Gasteiger partial charge < -0.3 is 10.2 Å². The second-order valence-electron chi connectivity index (χ2n) is 5.02. The fourth-order valence-corrected chi connectivity index (χ4v) is 2.69. The van der Waals surface area contributed by atoms with E-state index < -0.39 is 0 Å². The van der Waals surface area contributed by atoms with Crippen LogP contribution < -0.4 is 5.32 Å². The molecule has 1 aromatic carbocycles. The summed E-state index contributed by atoms with van der Waals surface area (Å²) in [6.45, 7) is 4.60. The lowest BCUT2D eigenvalue weighted by Crippen LogP contribution is -2.32. The quantitative estimate of drug-likeness (QED) is 0.886. The number of halogens is 1. The van der Waals surface area contributed by atoms with Crippen LogP contribution in [0.25, 0.3) is 0 Å². The molecule has 1 aromatic rings. The van der Waals surface area contributed by atoms with Crippen LogP contribution in [0.4, 0.5) is 5.69 Å². The van der Waals surface area contributed by atoms with Crippen molar-refractivity contribution in [3.8, 4) is 0 Å². The number of para-hydroxylation sites is 1. The number of nitrogens with one attached hydrogen (secondary N) is 1. The van der Waals surface area contributed by atoms with Gasteiger partial charge in [0.1, 0.15) is 0 Å². The molecule has 0 bridgehead atoms. The summed E-state index contributed by atoms with van der Waals surface area (Å²) < 4.78 is 0. The Morgan fingerprint density at radius 2 is 1.67 bits per heavy atom. The molecule has 18 heavy (non-hydrogen) atoms. The van der Waals surface area contributed by atoms with Gasteiger partial charge in [-0.15, -0.1) is 0 Å². The third kappa shape index (κ3) is 4.51. The Labute approximate surface area is 115 Å². The first kappa shape index (κ1) is 13.7. The highest BCUT2D eigenvalue weighted by Crippen LogP contribution is 2.20. The van der Waals surface area contributed by atoms with Gasteiger partial charge in [0, 0.05) is 13.1 Å². The molecule has 0 amide bonds. The van der Waals surface area contributed by atoms with Crippen molar-refractivity contribution in [3.05, 3.63) is 29.3 Å². The SMILES string of the molecule is Clc1ccccc1NCCN1CCCCCCC1. The summed E-state index contributed by atoms with van der Waals surface area (Å²) in [5.74, 6) is 0. The van der Waals surface area contributed by atoms with Gasteiger partial charge in [0.25, 0.3) is 0 Å². The molecule has 1 N–H and O–H groups in total. The average Bonchev–Trinajstić information content (AvgIpc) is 2.34. The molecule has 1 heterocycles. The Hall–Kier alpha value is -0.730. The maximum atomic E-state index is 6.12. The zero-order valence-electron chi connectivity index (χ0n) is 11.0. The predicted molar refractivity (Wildman–Crippen MR) is 79.5 cm³/mol. The first-order valence-electron chi connectivity index (χ1n) is 7.07. The smallest absolute Gasteiger partial charge is 0.0637 e. The van der Waals surface area contributed by atoms with Crippen molar-refractivity contribution >= 4 is 17.3 Å². The first-order chi connectivity index (χ1) is 8.86. The number of rotatable bonds is 4. The van der Waals surface area contributed by atoms with E-state index in [0.29, 0.717) is 0 Å². The minimum atomic E-state index is 0.810. The first-order valence-corrected chi connectivity index (χ1v) is 7.45. The van der Waals surface area contributed by atoms with Crippen LogP contribution >= 0.6 is 11.6 Å². The molecule has 0 spiro atoms. The summed E-state index contributed by atoms with van der Waals surface area (Å²) in [6, 6.07) is 7.95. The lowest BCUT2D eigenvalue weighted by Gasteiger charge is -2.24. The van der Waals surface area contributed by atoms with Gasteiger partial charge in [-0.05, 0) is 38.1 Å². The summed E-state index contributed by atoms with van der Waals surface area (Å²) in [5.41, 5.74) is 1.05. The van der Waals surface area contributed by atoms with Crippen molar-refractivity contribution in [1.29, 1.82) is 0 Å². The lowest BCUT2D eigenvalue weighted by molar-refractivity contribution is 0.256. The van der Waals surface area contributed by atoms with Crippen LogP contribution in [-0.2, 0) is 0 Å². The number of hydrogen-bond donors (Lipinski definition) is 1. The van der Waals surface area contributed by atoms with E-state index >= 15 is 0 Å². The molecule has 1 aliphatic heterocycles. The molecule has 0 aliphatic carbocycles. The van der Waals surface area contributed by atoms with Crippen molar-refractivity contribution in [2.24, 2.45) is 0 Å². The molecular formula is C15H23ClN2. The van der Waals surface area contributed by atoms with E-state index in [4.69, 9.17) is 11.6 Å². The molecule has 2 rings (SSSR count). The fraction of sp³-hybridized carbons (Fsp3) is 0.600. The molecule has 100 valence electrons. The van der Waals surface area contributed by atoms with Crippen molar-refractivity contribution in [1.82, 2.24) is 4.90 Å². The summed E-state index contributed by atoms with van der Waals surface area (Å²) in [5, 5.41) is 4.23. The maximum Gasteiger partial charge on any atom is 0.0637 e. The fourth-order valence-electron chi connectivity index (χ4n) is 2.49. The van der Waals surface area contributed by atoms with Crippen LogP contribution in [0.15, 0.2) is 24.3 Å². The van der Waals surface area contributed by atoms with E-state index in [1.807, 2.05) is 24.3 Å². The number of anilines is 1. The number of hydrogen-bond acceptors (Lipinski definition) is 2. The second-order valence-corrected chi connectivity index (χ2v) is 5.42. The average molecular weight is 267 g/mol. The van der Waals surface area contributed by atoms with E-state index in [9.17, 15) is 0 Å². The molecule has 0 aromatic heterocycles. The van der Waals surface area contributed by atoms with Crippen LogP contribution in [0.3, 0.4) is 0 Å². The van der Waals surface area contributed by atoms with Gasteiger partial charge in [-0.2, -0.15) is 0 Å². The molecule has 0 atom stereocenters. The zero-order valence-corrected chi connectivity index (χ0v) is 11.8. The van der Waals surface area contributed by atoms with Gasteiger partial charge >= 0.3 is 0 Å². The molecule has 0 radical (unpaired) electrons. The van der Waals surface area contributed by atoms with Crippen LogP contribution in [0, 0.1) is 0 Å². The zero-order chi connectivity index (χ0) is 12.6. The van der Waals surface area contributed by atoms with Crippen LogP contribution in [0.1, 0.15) is 32.1 Å². The summed E-state index contributed by atoms with van der Waals surface area (Å²) in [6.07, 6.45) is 6.92. The van der Waals surface area contributed by atoms with Gasteiger partial charge in [-0.25, -0.2) is 0 Å². The van der Waals surface area contributed by atoms with Crippen molar-refractivity contribution in [2.45, 2.75) is 32.1 Å². The molecule has 0 saturated carbocycles. The largest absolute Gasteiger partial charge is 0.383 e.